The first-order chi connectivity index (χ1) is 12.8. The van der Waals surface area contributed by atoms with Crippen molar-refractivity contribution in [2.24, 2.45) is 0 Å². The van der Waals surface area contributed by atoms with Gasteiger partial charge in [-0.1, -0.05) is 29.8 Å². The predicted octanol–water partition coefficient (Wildman–Crippen LogP) is 3.57. The van der Waals surface area contributed by atoms with Gasteiger partial charge in [-0.25, -0.2) is 8.42 Å². The molecule has 4 aromatic rings. The minimum atomic E-state index is -3.51. The molecule has 2 aromatic carbocycles. The van der Waals surface area contributed by atoms with E-state index in [1.807, 2.05) is 25.1 Å². The maximum absolute atomic E-state index is 11.8. The first-order valence-electron chi connectivity index (χ1n) is 7.98. The van der Waals surface area contributed by atoms with Gasteiger partial charge in [-0.05, 0) is 19.1 Å². The molecule has 0 atom stereocenters. The highest BCUT2D eigenvalue weighted by molar-refractivity contribution is 7.92. The molecule has 0 aliphatic heterocycles. The van der Waals surface area contributed by atoms with Gasteiger partial charge < -0.3 is 0 Å². The monoisotopic (exact) mass is 399 g/mol. The third kappa shape index (κ3) is 3.29. The Bertz CT molecular complexity index is 1310. The molecule has 7 nitrogen and oxygen atoms in total. The third-order valence-corrected chi connectivity index (χ3v) is 4.92. The fraction of sp³-hybridized carbons (Fsp3) is 0.111. The smallest absolute Gasteiger partial charge is 0.229 e. The van der Waals surface area contributed by atoms with Crippen LogP contribution in [0.1, 0.15) is 5.69 Å². The summed E-state index contributed by atoms with van der Waals surface area (Å²) in [6.07, 6.45) is 4.29. The fourth-order valence-electron chi connectivity index (χ4n) is 2.94. The number of hydrogen-bond donors (Lipinski definition) is 1. The molecule has 0 saturated heterocycles. The van der Waals surface area contributed by atoms with Crippen molar-refractivity contribution in [2.45, 2.75) is 6.92 Å². The standard InChI is InChI=1S/C18H14ClN5O2S/c1-10-8-20-16-12(17(22-10)11-5-3-4-6-14(11)19)7-15(24-27(2,25)26)18-13(16)9-21-23-18/h3-9,24H,1-2H3. The molecular formula is C18H14ClN5O2S. The van der Waals surface area contributed by atoms with Gasteiger partial charge in [-0.15, -0.1) is 5.10 Å². The lowest BCUT2D eigenvalue weighted by Gasteiger charge is -2.09. The number of nitrogens with one attached hydrogen (secondary N) is 1. The van der Waals surface area contributed by atoms with Crippen LogP contribution in [0.3, 0.4) is 0 Å². The van der Waals surface area contributed by atoms with Crippen molar-refractivity contribution >= 4 is 49.1 Å². The molecule has 0 fully saturated rings. The van der Waals surface area contributed by atoms with Crippen LogP contribution in [0.25, 0.3) is 33.1 Å². The van der Waals surface area contributed by atoms with E-state index in [1.165, 1.54) is 0 Å². The Morgan fingerprint density at radius 2 is 1.85 bits per heavy atom. The molecule has 0 saturated carbocycles. The van der Waals surface area contributed by atoms with Gasteiger partial charge in [0, 0.05) is 22.2 Å². The zero-order chi connectivity index (χ0) is 19.2. The van der Waals surface area contributed by atoms with Crippen LogP contribution >= 0.6 is 11.6 Å². The average molecular weight is 400 g/mol. The molecule has 2 aromatic heterocycles. The van der Waals surface area contributed by atoms with E-state index in [2.05, 4.69) is 24.9 Å². The molecule has 0 aliphatic carbocycles. The first-order valence-corrected chi connectivity index (χ1v) is 10.2. The zero-order valence-corrected chi connectivity index (χ0v) is 16.0. The maximum Gasteiger partial charge on any atom is 0.229 e. The lowest BCUT2D eigenvalue weighted by molar-refractivity contribution is 0.607. The number of benzene rings is 2. The van der Waals surface area contributed by atoms with Crippen LogP contribution in [-0.4, -0.2) is 34.8 Å². The summed E-state index contributed by atoms with van der Waals surface area (Å²) >= 11 is 6.40. The second kappa shape index (κ2) is 6.40. The van der Waals surface area contributed by atoms with Crippen LogP contribution in [0, 0.1) is 6.92 Å². The van der Waals surface area contributed by atoms with Crippen LogP contribution in [0.4, 0.5) is 5.69 Å². The molecule has 136 valence electrons. The van der Waals surface area contributed by atoms with Crippen LogP contribution < -0.4 is 4.72 Å². The Morgan fingerprint density at radius 1 is 1.07 bits per heavy atom. The van der Waals surface area contributed by atoms with Gasteiger partial charge in [0.1, 0.15) is 5.52 Å². The van der Waals surface area contributed by atoms with E-state index in [1.54, 1.807) is 24.5 Å². The fourth-order valence-corrected chi connectivity index (χ4v) is 3.72. The van der Waals surface area contributed by atoms with Crippen LogP contribution in [0.2, 0.25) is 5.02 Å². The van der Waals surface area contributed by atoms with Crippen LogP contribution in [0.5, 0.6) is 0 Å². The highest BCUT2D eigenvalue weighted by Gasteiger charge is 2.17. The van der Waals surface area contributed by atoms with Crippen molar-refractivity contribution in [1.82, 2.24) is 20.2 Å². The van der Waals surface area contributed by atoms with Gasteiger partial charge in [0.2, 0.25) is 10.0 Å². The van der Waals surface area contributed by atoms with E-state index in [0.29, 0.717) is 43.9 Å². The van der Waals surface area contributed by atoms with Crippen molar-refractivity contribution in [3.05, 3.63) is 53.4 Å². The molecule has 27 heavy (non-hydrogen) atoms. The number of aryl methyl sites for hydroxylation is 1. The van der Waals surface area contributed by atoms with Gasteiger partial charge >= 0.3 is 0 Å². The highest BCUT2D eigenvalue weighted by Crippen LogP contribution is 2.36. The van der Waals surface area contributed by atoms with Gasteiger partial charge in [0.15, 0.2) is 0 Å². The summed E-state index contributed by atoms with van der Waals surface area (Å²) < 4.78 is 26.1. The highest BCUT2D eigenvalue weighted by atomic mass is 35.5. The Hall–Kier alpha value is -2.84. The molecule has 0 aliphatic rings. The second-order valence-electron chi connectivity index (χ2n) is 6.14. The van der Waals surface area contributed by atoms with Gasteiger partial charge in [-0.2, -0.15) is 5.10 Å². The molecular weight excluding hydrogens is 386 g/mol. The number of fused-ring (bicyclic) bond motifs is 3. The Labute approximate surface area is 160 Å². The number of aromatic nitrogens is 4. The minimum absolute atomic E-state index is 0.318. The summed E-state index contributed by atoms with van der Waals surface area (Å²) in [5.74, 6) is 0. The summed E-state index contributed by atoms with van der Waals surface area (Å²) in [7, 11) is -3.51. The number of sulfonamides is 1. The van der Waals surface area contributed by atoms with Crippen LogP contribution in [-0.2, 0) is 10.0 Å². The summed E-state index contributed by atoms with van der Waals surface area (Å²) in [5.41, 5.74) is 3.38. The Kier molecular flexibility index (Phi) is 4.16. The van der Waals surface area contributed by atoms with Crippen molar-refractivity contribution in [2.75, 3.05) is 11.0 Å². The van der Waals surface area contributed by atoms with Gasteiger partial charge in [0.05, 0.1) is 40.4 Å². The first kappa shape index (κ1) is 17.6. The average Bonchev–Trinajstić information content (AvgIpc) is 3.02. The summed E-state index contributed by atoms with van der Waals surface area (Å²) in [6.45, 7) is 1.83. The maximum atomic E-state index is 11.8. The van der Waals surface area contributed by atoms with Crippen molar-refractivity contribution < 1.29 is 8.42 Å². The zero-order valence-electron chi connectivity index (χ0n) is 14.4. The number of halogens is 1. The van der Waals surface area contributed by atoms with Gasteiger partial charge in [0.25, 0.3) is 0 Å². The van der Waals surface area contributed by atoms with E-state index >= 15 is 0 Å². The molecule has 9 heteroatoms. The normalized spacial score (nSPS) is 11.8. The van der Waals surface area contributed by atoms with E-state index in [0.717, 1.165) is 11.8 Å². The van der Waals surface area contributed by atoms with E-state index < -0.39 is 10.0 Å². The minimum Gasteiger partial charge on any atom is -0.281 e. The summed E-state index contributed by atoms with van der Waals surface area (Å²) in [5, 5.41) is 9.79. The molecule has 0 unspecified atom stereocenters. The number of rotatable bonds is 3. The molecule has 0 radical (unpaired) electrons. The quantitative estimate of drug-likeness (QED) is 0.565. The molecule has 0 amide bonds. The van der Waals surface area contributed by atoms with Crippen molar-refractivity contribution in [1.29, 1.82) is 0 Å². The predicted molar refractivity (Wildman–Crippen MR) is 106 cm³/mol. The molecule has 1 N–H and O–H groups in total. The van der Waals surface area contributed by atoms with Crippen LogP contribution in [0.15, 0.2) is 42.7 Å². The molecule has 0 spiro atoms. The topological polar surface area (TPSA) is 97.7 Å². The van der Waals surface area contributed by atoms with Crippen molar-refractivity contribution in [3.8, 4) is 11.3 Å². The number of nitrogens with zero attached hydrogens (tertiary/aromatic N) is 4. The lowest BCUT2D eigenvalue weighted by atomic mass is 10.0. The summed E-state index contributed by atoms with van der Waals surface area (Å²) in [6, 6.07) is 9.01. The van der Waals surface area contributed by atoms with Crippen molar-refractivity contribution in [3.63, 3.8) is 0 Å². The molecule has 2 heterocycles. The second-order valence-corrected chi connectivity index (χ2v) is 8.30. The largest absolute Gasteiger partial charge is 0.281 e. The third-order valence-electron chi connectivity index (χ3n) is 4.00. The molecule has 0 bridgehead atoms. The van der Waals surface area contributed by atoms with E-state index in [9.17, 15) is 8.42 Å². The number of anilines is 1. The SMILES string of the molecule is Cc1cnc2c(cc(NS(C)(=O)=O)c3nncc32)c(-c2ccccc2Cl)n1. The number of hydrogen-bond acceptors (Lipinski definition) is 6. The van der Waals surface area contributed by atoms with E-state index in [-0.39, 0.29) is 0 Å². The molecule has 4 rings (SSSR count). The van der Waals surface area contributed by atoms with E-state index in [4.69, 9.17) is 11.6 Å². The van der Waals surface area contributed by atoms with Gasteiger partial charge in [-0.3, -0.25) is 14.7 Å². The Balaban J connectivity index is 2.19. The lowest BCUT2D eigenvalue weighted by Crippen LogP contribution is -2.10. The Morgan fingerprint density at radius 3 is 2.59 bits per heavy atom. The summed E-state index contributed by atoms with van der Waals surface area (Å²) in [4.78, 5) is 9.19.